The van der Waals surface area contributed by atoms with Crippen LogP contribution < -0.4 is 10.6 Å². The molecule has 0 aromatic heterocycles. The van der Waals surface area contributed by atoms with Gasteiger partial charge >= 0.3 is 6.18 Å². The van der Waals surface area contributed by atoms with E-state index in [0.717, 1.165) is 19.3 Å². The van der Waals surface area contributed by atoms with Gasteiger partial charge in [0.1, 0.15) is 0 Å². The molecule has 0 aromatic rings. The maximum atomic E-state index is 12.0. The highest BCUT2D eigenvalue weighted by molar-refractivity contribution is 5.79. The zero-order valence-electron chi connectivity index (χ0n) is 11.2. The fraction of sp³-hybridized carbons (Fsp3) is 0.917. The number of hydrogen-bond acceptors (Lipinski definition) is 1. The predicted molar refractivity (Wildman–Crippen MR) is 68.8 cm³/mol. The number of unbranched alkanes of at least 4 members (excludes halogenated alkanes) is 3. The van der Waals surface area contributed by atoms with E-state index in [0.29, 0.717) is 19.0 Å². The van der Waals surface area contributed by atoms with Crippen molar-refractivity contribution in [2.75, 3.05) is 19.6 Å². The molecule has 0 fully saturated rings. The van der Waals surface area contributed by atoms with Crippen molar-refractivity contribution in [1.29, 1.82) is 0 Å². The Bertz CT molecular complexity index is 227. The van der Waals surface area contributed by atoms with E-state index < -0.39 is 12.6 Å². The van der Waals surface area contributed by atoms with Gasteiger partial charge in [0, 0.05) is 19.6 Å². The second-order valence-electron chi connectivity index (χ2n) is 4.11. The van der Waals surface area contributed by atoms with Crippen LogP contribution in [0.3, 0.4) is 0 Å². The van der Waals surface area contributed by atoms with Crippen LogP contribution in [0.2, 0.25) is 0 Å². The second-order valence-corrected chi connectivity index (χ2v) is 4.11. The minimum Gasteiger partial charge on any atom is -0.357 e. The number of hydrogen-bond donors (Lipinski definition) is 2. The van der Waals surface area contributed by atoms with Gasteiger partial charge in [-0.05, 0) is 13.3 Å². The second kappa shape index (κ2) is 10.0. The summed E-state index contributed by atoms with van der Waals surface area (Å²) >= 11 is 0. The smallest absolute Gasteiger partial charge is 0.357 e. The van der Waals surface area contributed by atoms with Gasteiger partial charge in [-0.25, -0.2) is 0 Å². The summed E-state index contributed by atoms with van der Waals surface area (Å²) in [6.07, 6.45) is -0.536. The lowest BCUT2D eigenvalue weighted by Crippen LogP contribution is -2.39. The predicted octanol–water partition coefficient (Wildman–Crippen LogP) is 3.07. The summed E-state index contributed by atoms with van der Waals surface area (Å²) in [7, 11) is 0. The quantitative estimate of drug-likeness (QED) is 0.403. The molecule has 0 bridgehead atoms. The Kier molecular flexibility index (Phi) is 9.50. The fourth-order valence-corrected chi connectivity index (χ4v) is 1.39. The van der Waals surface area contributed by atoms with Crippen molar-refractivity contribution in [3.05, 3.63) is 0 Å². The molecular weight excluding hydrogens is 243 g/mol. The van der Waals surface area contributed by atoms with Crippen LogP contribution in [0.1, 0.15) is 46.0 Å². The molecule has 0 aromatic carbocycles. The van der Waals surface area contributed by atoms with E-state index in [2.05, 4.69) is 22.5 Å². The molecule has 0 spiro atoms. The maximum Gasteiger partial charge on any atom is 0.390 e. The Labute approximate surface area is 107 Å². The number of alkyl halides is 3. The lowest BCUT2D eigenvalue weighted by atomic mass is 10.2. The third kappa shape index (κ3) is 11.5. The third-order valence-corrected chi connectivity index (χ3v) is 2.33. The van der Waals surface area contributed by atoms with Gasteiger partial charge in [-0.15, -0.1) is 0 Å². The minimum atomic E-state index is -4.12. The summed E-state index contributed by atoms with van der Waals surface area (Å²) in [5, 5.41) is 5.62. The summed E-state index contributed by atoms with van der Waals surface area (Å²) < 4.78 is 35.9. The molecule has 2 N–H and O–H groups in total. The number of guanidine groups is 1. The van der Waals surface area contributed by atoms with E-state index in [1.807, 2.05) is 6.92 Å². The average molecular weight is 267 g/mol. The molecule has 108 valence electrons. The highest BCUT2D eigenvalue weighted by Gasteiger charge is 2.26. The van der Waals surface area contributed by atoms with E-state index in [-0.39, 0.29) is 6.54 Å². The van der Waals surface area contributed by atoms with Crippen LogP contribution >= 0.6 is 0 Å². The van der Waals surface area contributed by atoms with Gasteiger partial charge in [0.25, 0.3) is 0 Å². The molecule has 0 radical (unpaired) electrons. The zero-order chi connectivity index (χ0) is 13.9. The van der Waals surface area contributed by atoms with Gasteiger partial charge in [-0.3, -0.25) is 4.99 Å². The lowest BCUT2D eigenvalue weighted by molar-refractivity contribution is -0.132. The normalized spacial score (nSPS) is 12.6. The molecule has 0 aliphatic carbocycles. The van der Waals surface area contributed by atoms with Crippen molar-refractivity contribution >= 4 is 5.96 Å². The van der Waals surface area contributed by atoms with E-state index in [9.17, 15) is 13.2 Å². The summed E-state index contributed by atoms with van der Waals surface area (Å²) in [6.45, 7) is 5.18. The van der Waals surface area contributed by atoms with E-state index in [1.165, 1.54) is 6.42 Å². The largest absolute Gasteiger partial charge is 0.390 e. The van der Waals surface area contributed by atoms with Crippen molar-refractivity contribution in [3.8, 4) is 0 Å². The Balaban J connectivity index is 3.86. The van der Waals surface area contributed by atoms with Crippen molar-refractivity contribution < 1.29 is 13.2 Å². The van der Waals surface area contributed by atoms with Crippen LogP contribution in [-0.4, -0.2) is 31.8 Å². The number of aliphatic imine (C=N–C) groups is 1. The van der Waals surface area contributed by atoms with Crippen molar-refractivity contribution in [2.24, 2.45) is 4.99 Å². The van der Waals surface area contributed by atoms with E-state index in [4.69, 9.17) is 0 Å². The van der Waals surface area contributed by atoms with Gasteiger partial charge in [0.05, 0.1) is 6.42 Å². The first-order valence-corrected chi connectivity index (χ1v) is 6.58. The standard InChI is InChI=1S/C12H24F3N3/c1-3-5-6-7-9-17-11(16-4-2)18-10-8-12(13,14)15/h3-10H2,1-2H3,(H2,16,17,18). The number of nitrogens with one attached hydrogen (secondary N) is 2. The van der Waals surface area contributed by atoms with Crippen LogP contribution in [-0.2, 0) is 0 Å². The maximum absolute atomic E-state index is 12.0. The Morgan fingerprint density at radius 2 is 1.78 bits per heavy atom. The van der Waals surface area contributed by atoms with Crippen molar-refractivity contribution in [1.82, 2.24) is 10.6 Å². The zero-order valence-corrected chi connectivity index (χ0v) is 11.2. The average Bonchev–Trinajstić information content (AvgIpc) is 2.27. The topological polar surface area (TPSA) is 36.4 Å². The van der Waals surface area contributed by atoms with Crippen molar-refractivity contribution in [3.63, 3.8) is 0 Å². The van der Waals surface area contributed by atoms with Crippen LogP contribution in [0.25, 0.3) is 0 Å². The number of rotatable bonds is 8. The summed E-state index contributed by atoms with van der Waals surface area (Å²) in [4.78, 5) is 4.23. The Morgan fingerprint density at radius 3 is 2.33 bits per heavy atom. The first-order chi connectivity index (χ1) is 8.49. The SMILES string of the molecule is CCCCCCN=C(NCC)NCCC(F)(F)F. The molecule has 0 unspecified atom stereocenters. The molecule has 6 heteroatoms. The molecule has 0 atom stereocenters. The van der Waals surface area contributed by atoms with Gasteiger partial charge < -0.3 is 10.6 Å². The molecule has 18 heavy (non-hydrogen) atoms. The molecule has 0 saturated heterocycles. The number of halogens is 3. The van der Waals surface area contributed by atoms with Crippen LogP contribution in [0, 0.1) is 0 Å². The van der Waals surface area contributed by atoms with Gasteiger partial charge in [-0.1, -0.05) is 26.2 Å². The molecule has 0 aliphatic rings. The minimum absolute atomic E-state index is 0.135. The molecule has 0 rings (SSSR count). The molecule has 0 heterocycles. The molecule has 0 aliphatic heterocycles. The van der Waals surface area contributed by atoms with Gasteiger partial charge in [-0.2, -0.15) is 13.2 Å². The monoisotopic (exact) mass is 267 g/mol. The van der Waals surface area contributed by atoms with E-state index >= 15 is 0 Å². The Hall–Kier alpha value is -0.940. The summed E-state index contributed by atoms with van der Waals surface area (Å²) in [5.41, 5.74) is 0. The van der Waals surface area contributed by atoms with Crippen molar-refractivity contribution in [2.45, 2.75) is 52.1 Å². The Morgan fingerprint density at radius 1 is 1.06 bits per heavy atom. The van der Waals surface area contributed by atoms with Crippen LogP contribution in [0.4, 0.5) is 13.2 Å². The molecule has 0 amide bonds. The van der Waals surface area contributed by atoms with E-state index in [1.54, 1.807) is 0 Å². The molecular formula is C12H24F3N3. The van der Waals surface area contributed by atoms with Gasteiger partial charge in [0.15, 0.2) is 5.96 Å². The van der Waals surface area contributed by atoms with Gasteiger partial charge in [0.2, 0.25) is 0 Å². The van der Waals surface area contributed by atoms with Crippen LogP contribution in [0.15, 0.2) is 4.99 Å². The summed E-state index contributed by atoms with van der Waals surface area (Å²) in [6, 6.07) is 0. The molecule has 3 nitrogen and oxygen atoms in total. The molecule has 0 saturated carbocycles. The first-order valence-electron chi connectivity index (χ1n) is 6.58. The van der Waals surface area contributed by atoms with Crippen LogP contribution in [0.5, 0.6) is 0 Å². The number of nitrogens with zero attached hydrogens (tertiary/aromatic N) is 1. The highest BCUT2D eigenvalue weighted by atomic mass is 19.4. The first kappa shape index (κ1) is 17.1. The summed E-state index contributed by atoms with van der Waals surface area (Å²) in [5.74, 6) is 0.471. The fourth-order valence-electron chi connectivity index (χ4n) is 1.39. The third-order valence-electron chi connectivity index (χ3n) is 2.33. The lowest BCUT2D eigenvalue weighted by Gasteiger charge is -2.12. The highest BCUT2D eigenvalue weighted by Crippen LogP contribution is 2.17.